The average molecular weight is 412 g/mol. The van der Waals surface area contributed by atoms with E-state index in [4.69, 9.17) is 0 Å². The van der Waals surface area contributed by atoms with Gasteiger partial charge in [0, 0.05) is 48.3 Å². The van der Waals surface area contributed by atoms with E-state index in [1.54, 1.807) is 18.2 Å². The van der Waals surface area contributed by atoms with Crippen LogP contribution in [0, 0.1) is 11.6 Å². The molecule has 1 atom stereocenters. The molecule has 0 radical (unpaired) electrons. The number of nitrogens with zero attached hydrogens (tertiary/aromatic N) is 2. The number of fused-ring (bicyclic) bond motifs is 1. The van der Waals surface area contributed by atoms with Crippen molar-refractivity contribution >= 4 is 22.5 Å². The van der Waals surface area contributed by atoms with E-state index in [2.05, 4.69) is 27.0 Å². The number of aromatic amines is 1. The molecule has 1 aliphatic heterocycles. The molecule has 1 fully saturated rings. The van der Waals surface area contributed by atoms with Crippen LogP contribution in [0.3, 0.4) is 0 Å². The standard InChI is InChI=1S/C23H26F2N4O/c1-3-28-9-11-29(12-10-28)22-8-7-16(24)13-17(22)15(2)26-23(30)21-14-18-19(25)5-4-6-20(18)27-21/h4-8,13-15,27H,3,9-12H2,1-2H3,(H,26,30). The molecule has 5 nitrogen and oxygen atoms in total. The number of rotatable bonds is 5. The number of aromatic nitrogens is 1. The molecule has 1 unspecified atom stereocenters. The maximum Gasteiger partial charge on any atom is 0.268 e. The minimum Gasteiger partial charge on any atom is -0.369 e. The van der Waals surface area contributed by atoms with Gasteiger partial charge in [-0.15, -0.1) is 0 Å². The molecule has 0 saturated carbocycles. The van der Waals surface area contributed by atoms with E-state index in [1.807, 2.05) is 6.92 Å². The van der Waals surface area contributed by atoms with Crippen molar-refractivity contribution in [3.05, 3.63) is 65.4 Å². The van der Waals surface area contributed by atoms with Gasteiger partial charge in [-0.3, -0.25) is 4.79 Å². The van der Waals surface area contributed by atoms with Gasteiger partial charge in [0.2, 0.25) is 0 Å². The Morgan fingerprint density at radius 1 is 1.13 bits per heavy atom. The summed E-state index contributed by atoms with van der Waals surface area (Å²) in [6.07, 6.45) is 0. The van der Waals surface area contributed by atoms with Crippen LogP contribution in [0.4, 0.5) is 14.5 Å². The fourth-order valence-corrected chi connectivity index (χ4v) is 4.06. The predicted molar refractivity (Wildman–Crippen MR) is 115 cm³/mol. The van der Waals surface area contributed by atoms with Gasteiger partial charge in [-0.2, -0.15) is 0 Å². The molecule has 0 aliphatic carbocycles. The molecule has 2 heterocycles. The largest absolute Gasteiger partial charge is 0.369 e. The Bertz CT molecular complexity index is 1060. The topological polar surface area (TPSA) is 51.4 Å². The maximum absolute atomic E-state index is 14.0. The highest BCUT2D eigenvalue weighted by Gasteiger charge is 2.22. The van der Waals surface area contributed by atoms with E-state index in [0.29, 0.717) is 10.9 Å². The SMILES string of the molecule is CCN1CCN(c2ccc(F)cc2C(C)NC(=O)c2cc3c(F)cccc3[nH]2)CC1. The van der Waals surface area contributed by atoms with Crippen LogP contribution in [0.25, 0.3) is 10.9 Å². The van der Waals surface area contributed by atoms with Crippen molar-refractivity contribution in [2.24, 2.45) is 0 Å². The minimum atomic E-state index is -0.413. The van der Waals surface area contributed by atoms with Crippen LogP contribution >= 0.6 is 0 Å². The predicted octanol–water partition coefficient (Wildman–Crippen LogP) is 4.08. The lowest BCUT2D eigenvalue weighted by Crippen LogP contribution is -2.46. The summed E-state index contributed by atoms with van der Waals surface area (Å²) in [5.74, 6) is -1.08. The number of piperazine rings is 1. The molecular weight excluding hydrogens is 386 g/mol. The molecule has 1 aromatic heterocycles. The molecule has 4 rings (SSSR count). The number of amides is 1. The molecule has 1 aliphatic rings. The number of anilines is 1. The van der Waals surface area contributed by atoms with E-state index in [-0.39, 0.29) is 23.2 Å². The minimum absolute atomic E-state index is 0.275. The molecule has 1 saturated heterocycles. The first-order valence-electron chi connectivity index (χ1n) is 10.3. The molecule has 0 spiro atoms. The zero-order valence-electron chi connectivity index (χ0n) is 17.2. The molecule has 2 aromatic carbocycles. The lowest BCUT2D eigenvalue weighted by molar-refractivity contribution is 0.0935. The Balaban J connectivity index is 1.55. The highest BCUT2D eigenvalue weighted by Crippen LogP contribution is 2.29. The second-order valence-corrected chi connectivity index (χ2v) is 7.70. The summed E-state index contributed by atoms with van der Waals surface area (Å²) in [4.78, 5) is 20.3. The molecule has 7 heteroatoms. The normalized spacial score (nSPS) is 16.1. The summed E-state index contributed by atoms with van der Waals surface area (Å²) < 4.78 is 28.0. The number of hydrogen-bond donors (Lipinski definition) is 2. The number of likely N-dealkylation sites (N-methyl/N-ethyl adjacent to an activating group) is 1. The van der Waals surface area contributed by atoms with Crippen molar-refractivity contribution in [3.63, 3.8) is 0 Å². The zero-order chi connectivity index (χ0) is 21.3. The molecule has 2 N–H and O–H groups in total. The smallest absolute Gasteiger partial charge is 0.268 e. The molecular formula is C23H26F2N4O. The quantitative estimate of drug-likeness (QED) is 0.664. The molecule has 0 bridgehead atoms. The van der Waals surface area contributed by atoms with Gasteiger partial charge in [0.25, 0.3) is 5.91 Å². The average Bonchev–Trinajstić information content (AvgIpc) is 3.20. The zero-order valence-corrected chi connectivity index (χ0v) is 17.2. The monoisotopic (exact) mass is 412 g/mol. The summed E-state index contributed by atoms with van der Waals surface area (Å²) in [7, 11) is 0. The Kier molecular flexibility index (Phi) is 5.72. The first-order valence-corrected chi connectivity index (χ1v) is 10.3. The first-order chi connectivity index (χ1) is 14.5. The van der Waals surface area contributed by atoms with E-state index in [1.165, 1.54) is 24.3 Å². The summed E-state index contributed by atoms with van der Waals surface area (Å²) >= 11 is 0. The van der Waals surface area contributed by atoms with Crippen LogP contribution in [-0.2, 0) is 0 Å². The van der Waals surface area contributed by atoms with Gasteiger partial charge in [-0.25, -0.2) is 8.78 Å². The first kappa shape index (κ1) is 20.3. The van der Waals surface area contributed by atoms with Gasteiger partial charge in [0.05, 0.1) is 6.04 Å². The highest BCUT2D eigenvalue weighted by molar-refractivity contribution is 5.98. The van der Waals surface area contributed by atoms with Crippen LogP contribution in [0.1, 0.15) is 35.9 Å². The van der Waals surface area contributed by atoms with Gasteiger partial charge in [0.1, 0.15) is 17.3 Å². The van der Waals surface area contributed by atoms with Gasteiger partial charge < -0.3 is 20.1 Å². The maximum atomic E-state index is 14.0. The molecule has 30 heavy (non-hydrogen) atoms. The van der Waals surface area contributed by atoms with Crippen LogP contribution in [0.15, 0.2) is 42.5 Å². The third-order valence-corrected chi connectivity index (χ3v) is 5.82. The van der Waals surface area contributed by atoms with Gasteiger partial charge in [0.15, 0.2) is 0 Å². The Labute approximate surface area is 174 Å². The van der Waals surface area contributed by atoms with Crippen molar-refractivity contribution < 1.29 is 13.6 Å². The van der Waals surface area contributed by atoms with Gasteiger partial charge in [-0.1, -0.05) is 13.0 Å². The van der Waals surface area contributed by atoms with Crippen molar-refractivity contribution in [2.75, 3.05) is 37.6 Å². The van der Waals surface area contributed by atoms with Crippen molar-refractivity contribution in [2.45, 2.75) is 19.9 Å². The van der Waals surface area contributed by atoms with Gasteiger partial charge in [-0.05, 0) is 49.9 Å². The van der Waals surface area contributed by atoms with E-state index in [9.17, 15) is 13.6 Å². The number of carbonyl (C=O) groups excluding carboxylic acids is 1. The van der Waals surface area contributed by atoms with E-state index in [0.717, 1.165) is 44.0 Å². The number of hydrogen-bond acceptors (Lipinski definition) is 3. The Hall–Kier alpha value is -2.93. The number of halogens is 2. The molecule has 1 amide bonds. The van der Waals surface area contributed by atoms with Crippen molar-refractivity contribution in [3.8, 4) is 0 Å². The van der Waals surface area contributed by atoms with Gasteiger partial charge >= 0.3 is 0 Å². The Morgan fingerprint density at radius 2 is 1.90 bits per heavy atom. The number of benzene rings is 2. The van der Waals surface area contributed by atoms with E-state index >= 15 is 0 Å². The fraction of sp³-hybridized carbons (Fsp3) is 0.348. The van der Waals surface area contributed by atoms with Crippen LogP contribution in [0.2, 0.25) is 0 Å². The summed E-state index contributed by atoms with van der Waals surface area (Å²) in [6, 6.07) is 10.5. The summed E-state index contributed by atoms with van der Waals surface area (Å²) in [5.41, 5.74) is 2.50. The number of carbonyl (C=O) groups is 1. The van der Waals surface area contributed by atoms with Crippen LogP contribution in [0.5, 0.6) is 0 Å². The Morgan fingerprint density at radius 3 is 2.60 bits per heavy atom. The highest BCUT2D eigenvalue weighted by atomic mass is 19.1. The summed E-state index contributed by atoms with van der Waals surface area (Å²) in [6.45, 7) is 8.61. The summed E-state index contributed by atoms with van der Waals surface area (Å²) in [5, 5.41) is 3.29. The van der Waals surface area contributed by atoms with Crippen molar-refractivity contribution in [1.29, 1.82) is 0 Å². The third kappa shape index (κ3) is 4.03. The second-order valence-electron chi connectivity index (χ2n) is 7.70. The number of H-pyrrole nitrogens is 1. The van der Waals surface area contributed by atoms with Crippen LogP contribution in [-0.4, -0.2) is 48.5 Å². The van der Waals surface area contributed by atoms with E-state index < -0.39 is 6.04 Å². The number of nitrogens with one attached hydrogen (secondary N) is 2. The fourth-order valence-electron chi connectivity index (χ4n) is 4.06. The van der Waals surface area contributed by atoms with Crippen LogP contribution < -0.4 is 10.2 Å². The third-order valence-electron chi connectivity index (χ3n) is 5.82. The molecule has 3 aromatic rings. The molecule has 158 valence electrons. The lowest BCUT2D eigenvalue weighted by Gasteiger charge is -2.37. The lowest BCUT2D eigenvalue weighted by atomic mass is 10.0. The second kappa shape index (κ2) is 8.44. The van der Waals surface area contributed by atoms with Crippen molar-refractivity contribution in [1.82, 2.24) is 15.2 Å².